The molecule has 1 aliphatic rings. The van der Waals surface area contributed by atoms with Crippen LogP contribution < -0.4 is 5.32 Å². The van der Waals surface area contributed by atoms with Crippen molar-refractivity contribution in [1.29, 1.82) is 0 Å². The number of nitrogens with two attached hydrogens (primary N) is 1. The second-order valence-electron chi connectivity index (χ2n) is 6.83. The lowest BCUT2D eigenvalue weighted by molar-refractivity contribution is -0.649. The van der Waals surface area contributed by atoms with E-state index in [9.17, 15) is 4.79 Å². The lowest BCUT2D eigenvalue weighted by atomic mass is 9.93. The topological polar surface area (TPSA) is 36.9 Å². The quantitative estimate of drug-likeness (QED) is 0.819. The predicted molar refractivity (Wildman–Crippen MR) is 105 cm³/mol. The molecule has 3 rings (SSSR count). The van der Waals surface area contributed by atoms with Crippen molar-refractivity contribution in [3.63, 3.8) is 0 Å². The summed E-state index contributed by atoms with van der Waals surface area (Å²) in [6.07, 6.45) is 0.907. The average Bonchev–Trinajstić information content (AvgIpc) is 3.02. The number of hydrogen-bond acceptors (Lipinski definition) is 2. The molecule has 25 heavy (non-hydrogen) atoms. The highest BCUT2D eigenvalue weighted by Crippen LogP contribution is 2.40. The van der Waals surface area contributed by atoms with E-state index in [1.807, 2.05) is 17.0 Å². The summed E-state index contributed by atoms with van der Waals surface area (Å²) < 4.78 is 0. The number of fused-ring (bicyclic) bond motifs is 1. The number of carbonyl (C=O) groups is 1. The van der Waals surface area contributed by atoms with Crippen LogP contribution in [0.1, 0.15) is 35.9 Å². The van der Waals surface area contributed by atoms with Gasteiger partial charge in [-0.3, -0.25) is 4.79 Å². The lowest BCUT2D eigenvalue weighted by Gasteiger charge is -2.36. The molecule has 1 amide bonds. The third kappa shape index (κ3) is 4.20. The summed E-state index contributed by atoms with van der Waals surface area (Å²) in [5, 5.41) is 5.41. The van der Waals surface area contributed by atoms with Crippen molar-refractivity contribution in [3.8, 4) is 0 Å². The number of hydrogen-bond donors (Lipinski definition) is 1. The van der Waals surface area contributed by atoms with Crippen molar-refractivity contribution in [1.82, 2.24) is 4.90 Å². The minimum atomic E-state index is -0.125. The fraction of sp³-hybridized carbons (Fsp3) is 0.421. The normalized spacial score (nSPS) is 17.0. The first-order chi connectivity index (χ1) is 12.0. The predicted octanol–water partition coefficient (Wildman–Crippen LogP) is 3.75. The summed E-state index contributed by atoms with van der Waals surface area (Å²) in [6, 6.07) is 7.54. The van der Waals surface area contributed by atoms with Gasteiger partial charge in [0.2, 0.25) is 0 Å². The van der Waals surface area contributed by atoms with Gasteiger partial charge in [-0.25, -0.2) is 0 Å². The molecule has 1 aliphatic heterocycles. The molecule has 0 bridgehead atoms. The SMILES string of the molecule is CC(C)C[NH2+]CC(=O)N1CCc2sccc2[C@@H]1c1ccc(Cl)cc1Cl. The molecule has 0 unspecified atom stereocenters. The number of rotatable bonds is 5. The molecule has 3 nitrogen and oxygen atoms in total. The standard InChI is InChI=1S/C19H22Cl2N2OS/c1-12(2)10-22-11-18(24)23-7-5-17-15(6-8-25-17)19(23)14-4-3-13(20)9-16(14)21/h3-4,6,8-9,12,19,22H,5,7,10-11H2,1-2H3/p+1/t19-/m0/s1. The molecule has 0 radical (unpaired) electrons. The van der Waals surface area contributed by atoms with E-state index < -0.39 is 0 Å². The first kappa shape index (κ1) is 18.7. The summed E-state index contributed by atoms with van der Waals surface area (Å²) >= 11 is 14.3. The molecule has 2 aromatic rings. The van der Waals surface area contributed by atoms with Crippen molar-refractivity contribution in [2.24, 2.45) is 5.92 Å². The van der Waals surface area contributed by atoms with Crippen molar-refractivity contribution in [2.75, 3.05) is 19.6 Å². The molecular weight excluding hydrogens is 375 g/mol. The number of benzene rings is 1. The van der Waals surface area contributed by atoms with Crippen LogP contribution in [-0.4, -0.2) is 30.4 Å². The molecule has 6 heteroatoms. The number of thiophene rings is 1. The Morgan fingerprint density at radius 3 is 2.84 bits per heavy atom. The van der Waals surface area contributed by atoms with Gasteiger partial charge in [0.1, 0.15) is 0 Å². The van der Waals surface area contributed by atoms with Gasteiger partial charge in [0, 0.05) is 27.4 Å². The maximum atomic E-state index is 12.9. The zero-order valence-corrected chi connectivity index (χ0v) is 16.8. The van der Waals surface area contributed by atoms with Gasteiger partial charge in [0.05, 0.1) is 12.6 Å². The Hall–Kier alpha value is -1.07. The second-order valence-corrected chi connectivity index (χ2v) is 8.67. The lowest BCUT2D eigenvalue weighted by Crippen LogP contribution is -2.87. The molecule has 0 aliphatic carbocycles. The molecular formula is C19H23Cl2N2OS+. The third-order valence-corrected chi connectivity index (χ3v) is 6.06. The molecule has 1 aromatic heterocycles. The van der Waals surface area contributed by atoms with E-state index >= 15 is 0 Å². The van der Waals surface area contributed by atoms with Crippen molar-refractivity contribution in [2.45, 2.75) is 26.3 Å². The summed E-state index contributed by atoms with van der Waals surface area (Å²) in [5.41, 5.74) is 2.14. The Kier molecular flexibility index (Phi) is 6.05. The van der Waals surface area contributed by atoms with E-state index in [0.717, 1.165) is 25.1 Å². The Bertz CT molecular complexity index is 760. The molecule has 0 saturated heterocycles. The van der Waals surface area contributed by atoms with Gasteiger partial charge in [-0.2, -0.15) is 0 Å². The van der Waals surface area contributed by atoms with Crippen molar-refractivity contribution in [3.05, 3.63) is 55.7 Å². The van der Waals surface area contributed by atoms with E-state index in [1.165, 1.54) is 10.4 Å². The fourth-order valence-electron chi connectivity index (χ4n) is 3.30. The van der Waals surface area contributed by atoms with E-state index in [0.29, 0.717) is 22.5 Å². The maximum Gasteiger partial charge on any atom is 0.278 e. The van der Waals surface area contributed by atoms with Crippen molar-refractivity contribution < 1.29 is 10.1 Å². The van der Waals surface area contributed by atoms with Gasteiger partial charge >= 0.3 is 0 Å². The molecule has 0 spiro atoms. The number of quaternary nitrogens is 1. The van der Waals surface area contributed by atoms with E-state index in [1.54, 1.807) is 17.4 Å². The van der Waals surface area contributed by atoms with Crippen LogP contribution in [-0.2, 0) is 11.2 Å². The minimum Gasteiger partial charge on any atom is -0.338 e. The maximum absolute atomic E-state index is 12.9. The van der Waals surface area contributed by atoms with Crippen LogP contribution in [0, 0.1) is 5.92 Å². The highest BCUT2D eigenvalue weighted by molar-refractivity contribution is 7.10. The first-order valence-electron chi connectivity index (χ1n) is 8.59. The zero-order valence-electron chi connectivity index (χ0n) is 14.5. The van der Waals surface area contributed by atoms with Crippen LogP contribution in [0.2, 0.25) is 10.0 Å². The van der Waals surface area contributed by atoms with Crippen LogP contribution in [0.15, 0.2) is 29.6 Å². The highest BCUT2D eigenvalue weighted by Gasteiger charge is 2.34. The minimum absolute atomic E-state index is 0.125. The molecule has 134 valence electrons. The zero-order chi connectivity index (χ0) is 18.0. The van der Waals surface area contributed by atoms with Gasteiger partial charge in [-0.1, -0.05) is 43.1 Å². The highest BCUT2D eigenvalue weighted by atomic mass is 35.5. The summed E-state index contributed by atoms with van der Waals surface area (Å²) in [5.74, 6) is 0.729. The van der Waals surface area contributed by atoms with Crippen LogP contribution >= 0.6 is 34.5 Å². The van der Waals surface area contributed by atoms with E-state index in [4.69, 9.17) is 23.2 Å². The molecule has 2 N–H and O–H groups in total. The summed E-state index contributed by atoms with van der Waals surface area (Å²) in [6.45, 7) is 6.48. The Labute approximate surface area is 162 Å². The monoisotopic (exact) mass is 397 g/mol. The molecule has 0 fully saturated rings. The van der Waals surface area contributed by atoms with Crippen LogP contribution in [0.25, 0.3) is 0 Å². The van der Waals surface area contributed by atoms with Gasteiger partial charge < -0.3 is 10.2 Å². The number of halogens is 2. The molecule has 0 saturated carbocycles. The van der Waals surface area contributed by atoms with Gasteiger partial charge in [-0.15, -0.1) is 11.3 Å². The van der Waals surface area contributed by atoms with Gasteiger partial charge in [0.25, 0.3) is 5.91 Å². The Morgan fingerprint density at radius 2 is 2.12 bits per heavy atom. The smallest absolute Gasteiger partial charge is 0.278 e. The molecule has 1 atom stereocenters. The Balaban J connectivity index is 1.90. The average molecular weight is 398 g/mol. The first-order valence-corrected chi connectivity index (χ1v) is 10.2. The number of nitrogens with zero attached hydrogens (tertiary/aromatic N) is 1. The molecule has 1 aromatic carbocycles. The third-order valence-electron chi connectivity index (χ3n) is 4.50. The van der Waals surface area contributed by atoms with E-state index in [2.05, 4.69) is 30.6 Å². The van der Waals surface area contributed by atoms with Crippen LogP contribution in [0.3, 0.4) is 0 Å². The number of amides is 1. The Morgan fingerprint density at radius 1 is 1.32 bits per heavy atom. The molecule has 2 heterocycles. The number of carbonyl (C=O) groups excluding carboxylic acids is 1. The van der Waals surface area contributed by atoms with Crippen LogP contribution in [0.4, 0.5) is 0 Å². The van der Waals surface area contributed by atoms with Crippen molar-refractivity contribution >= 4 is 40.4 Å². The largest absolute Gasteiger partial charge is 0.338 e. The summed E-state index contributed by atoms with van der Waals surface area (Å²) in [7, 11) is 0. The summed E-state index contributed by atoms with van der Waals surface area (Å²) in [4.78, 5) is 16.2. The van der Waals surface area contributed by atoms with Gasteiger partial charge in [0.15, 0.2) is 6.54 Å². The van der Waals surface area contributed by atoms with E-state index in [-0.39, 0.29) is 11.9 Å². The van der Waals surface area contributed by atoms with Gasteiger partial charge in [-0.05, 0) is 41.1 Å². The second kappa shape index (κ2) is 8.09. The fourth-order valence-corrected chi connectivity index (χ4v) is 4.72. The van der Waals surface area contributed by atoms with Crippen LogP contribution in [0.5, 0.6) is 0 Å².